The number of hydrogen-bond acceptors (Lipinski definition) is 7. The van der Waals surface area contributed by atoms with Gasteiger partial charge in [0.1, 0.15) is 5.82 Å². The van der Waals surface area contributed by atoms with E-state index >= 15 is 0 Å². The summed E-state index contributed by atoms with van der Waals surface area (Å²) in [5, 5.41) is 28.4. The Kier molecular flexibility index (Phi) is 9.13. The van der Waals surface area contributed by atoms with Crippen LogP contribution in [0, 0.1) is 11.2 Å². The number of rotatable bonds is 9. The van der Waals surface area contributed by atoms with Crippen LogP contribution in [0.25, 0.3) is 0 Å². The third kappa shape index (κ3) is 7.03. The lowest BCUT2D eigenvalue weighted by Crippen LogP contribution is -2.35. The van der Waals surface area contributed by atoms with Gasteiger partial charge in [0.05, 0.1) is 17.4 Å². The lowest BCUT2D eigenvalue weighted by Gasteiger charge is -2.31. The standard InChI is InChI=1S/C30H33FN6O3/c1-19(33-2)26(18-32)30(40)36-23-9-12-28(27(31)17-23)34-21-5-7-22(8-6-21)35-29(39)20-3-10-24(11-4-20)37-15-13-25(38)14-16-37/h3-12,17-18,25,32-34,38H,13-16H2,1-2H3,(H,35,39)(H,36,40)/b26-19+,32-18?. The number of nitrogens with one attached hydrogen (secondary N) is 5. The van der Waals surface area contributed by atoms with E-state index in [0.29, 0.717) is 22.6 Å². The minimum absolute atomic E-state index is 0.147. The summed E-state index contributed by atoms with van der Waals surface area (Å²) in [5.74, 6) is -1.32. The Bertz CT molecular complexity index is 1400. The van der Waals surface area contributed by atoms with E-state index in [0.717, 1.165) is 37.8 Å². The number of halogens is 1. The number of amides is 2. The summed E-state index contributed by atoms with van der Waals surface area (Å²) < 4.78 is 14.7. The SMILES string of the molecule is CN/C(C)=C(\C=N)C(=O)Nc1ccc(Nc2ccc(NC(=O)c3ccc(N4CCC(O)CC4)cc3)cc2)c(F)c1. The fourth-order valence-corrected chi connectivity index (χ4v) is 4.31. The van der Waals surface area contributed by atoms with Gasteiger partial charge in [0.25, 0.3) is 11.8 Å². The van der Waals surface area contributed by atoms with Crippen molar-refractivity contribution in [3.8, 4) is 0 Å². The Balaban J connectivity index is 1.33. The third-order valence-corrected chi connectivity index (χ3v) is 6.78. The Morgan fingerprint density at radius 2 is 1.57 bits per heavy atom. The molecule has 10 heteroatoms. The van der Waals surface area contributed by atoms with Crippen LogP contribution in [0.5, 0.6) is 0 Å². The fraction of sp³-hybridized carbons (Fsp3) is 0.233. The first kappa shape index (κ1) is 28.3. The van der Waals surface area contributed by atoms with Gasteiger partial charge in [-0.05, 0) is 86.5 Å². The second-order valence-electron chi connectivity index (χ2n) is 9.50. The highest BCUT2D eigenvalue weighted by Gasteiger charge is 2.18. The predicted molar refractivity (Wildman–Crippen MR) is 157 cm³/mol. The molecule has 0 saturated carbocycles. The van der Waals surface area contributed by atoms with Crippen molar-refractivity contribution in [1.82, 2.24) is 5.32 Å². The van der Waals surface area contributed by atoms with Crippen molar-refractivity contribution in [3.63, 3.8) is 0 Å². The van der Waals surface area contributed by atoms with Gasteiger partial charge < -0.3 is 36.7 Å². The molecular weight excluding hydrogens is 511 g/mol. The molecule has 3 aromatic rings. The highest BCUT2D eigenvalue weighted by atomic mass is 19.1. The number of hydrogen-bond donors (Lipinski definition) is 6. The largest absolute Gasteiger partial charge is 0.393 e. The lowest BCUT2D eigenvalue weighted by atomic mass is 10.1. The molecule has 40 heavy (non-hydrogen) atoms. The van der Waals surface area contributed by atoms with Gasteiger partial charge in [0.15, 0.2) is 0 Å². The highest BCUT2D eigenvalue weighted by Crippen LogP contribution is 2.25. The number of anilines is 5. The van der Waals surface area contributed by atoms with Crippen molar-refractivity contribution in [2.75, 3.05) is 41.0 Å². The van der Waals surface area contributed by atoms with Crippen LogP contribution in [0.2, 0.25) is 0 Å². The Morgan fingerprint density at radius 3 is 2.17 bits per heavy atom. The van der Waals surface area contributed by atoms with Gasteiger partial charge in [-0.2, -0.15) is 0 Å². The topological polar surface area (TPSA) is 130 Å². The summed E-state index contributed by atoms with van der Waals surface area (Å²) in [6.07, 6.45) is 2.19. The number of carbonyl (C=O) groups excluding carboxylic acids is 2. The van der Waals surface area contributed by atoms with Crippen LogP contribution < -0.4 is 26.2 Å². The molecule has 6 N–H and O–H groups in total. The molecule has 208 valence electrons. The summed E-state index contributed by atoms with van der Waals surface area (Å²) in [7, 11) is 1.65. The molecule has 0 spiro atoms. The quantitative estimate of drug-likeness (QED) is 0.169. The van der Waals surface area contributed by atoms with Crippen molar-refractivity contribution < 1.29 is 19.1 Å². The van der Waals surface area contributed by atoms with Gasteiger partial charge in [-0.3, -0.25) is 9.59 Å². The second-order valence-corrected chi connectivity index (χ2v) is 9.50. The predicted octanol–water partition coefficient (Wildman–Crippen LogP) is 4.86. The summed E-state index contributed by atoms with van der Waals surface area (Å²) >= 11 is 0. The number of nitrogens with zero attached hydrogens (tertiary/aromatic N) is 1. The molecule has 1 heterocycles. The zero-order chi connectivity index (χ0) is 28.6. The van der Waals surface area contributed by atoms with Gasteiger partial charge in [-0.25, -0.2) is 4.39 Å². The molecular formula is C30H33FN6O3. The van der Waals surface area contributed by atoms with Gasteiger partial charge in [0, 0.05) is 60.4 Å². The van der Waals surface area contributed by atoms with E-state index in [1.807, 2.05) is 12.1 Å². The molecule has 0 radical (unpaired) electrons. The Hall–Kier alpha value is -4.70. The maximum atomic E-state index is 14.7. The zero-order valence-electron chi connectivity index (χ0n) is 22.4. The normalized spacial score (nSPS) is 14.2. The number of allylic oxidation sites excluding steroid dienone is 1. The summed E-state index contributed by atoms with van der Waals surface area (Å²) in [4.78, 5) is 27.3. The molecule has 0 aromatic heterocycles. The van der Waals surface area contributed by atoms with Crippen molar-refractivity contribution in [2.24, 2.45) is 0 Å². The van der Waals surface area contributed by atoms with E-state index < -0.39 is 11.7 Å². The first-order valence-electron chi connectivity index (χ1n) is 13.0. The van der Waals surface area contributed by atoms with Crippen molar-refractivity contribution in [1.29, 1.82) is 5.41 Å². The van der Waals surface area contributed by atoms with Crippen molar-refractivity contribution in [2.45, 2.75) is 25.9 Å². The summed E-state index contributed by atoms with van der Waals surface area (Å²) in [5.41, 5.74) is 3.91. The number of carbonyl (C=O) groups is 2. The average molecular weight is 545 g/mol. The second kappa shape index (κ2) is 12.9. The van der Waals surface area contributed by atoms with Gasteiger partial charge in [0.2, 0.25) is 0 Å². The highest BCUT2D eigenvalue weighted by molar-refractivity contribution is 6.17. The van der Waals surface area contributed by atoms with E-state index in [1.54, 1.807) is 56.4 Å². The maximum Gasteiger partial charge on any atom is 0.258 e. The van der Waals surface area contributed by atoms with E-state index in [1.165, 1.54) is 12.1 Å². The zero-order valence-corrected chi connectivity index (χ0v) is 22.4. The molecule has 0 atom stereocenters. The molecule has 3 aromatic carbocycles. The third-order valence-electron chi connectivity index (χ3n) is 6.78. The van der Waals surface area contributed by atoms with Crippen molar-refractivity contribution in [3.05, 3.63) is 89.4 Å². The first-order chi connectivity index (χ1) is 19.3. The van der Waals surface area contributed by atoms with Crippen LogP contribution in [0.4, 0.5) is 32.8 Å². The number of aliphatic hydroxyl groups is 1. The van der Waals surface area contributed by atoms with Crippen LogP contribution in [-0.2, 0) is 4.79 Å². The van der Waals surface area contributed by atoms with Crippen LogP contribution in [0.1, 0.15) is 30.1 Å². The van der Waals surface area contributed by atoms with Crippen LogP contribution in [0.3, 0.4) is 0 Å². The molecule has 1 fully saturated rings. The van der Waals surface area contributed by atoms with Gasteiger partial charge in [-0.1, -0.05) is 0 Å². The minimum Gasteiger partial charge on any atom is -0.393 e. The number of aliphatic hydroxyl groups excluding tert-OH is 1. The van der Waals surface area contributed by atoms with Gasteiger partial charge >= 0.3 is 0 Å². The maximum absolute atomic E-state index is 14.7. The van der Waals surface area contributed by atoms with E-state index in [2.05, 4.69) is 26.2 Å². The first-order valence-corrected chi connectivity index (χ1v) is 13.0. The fourth-order valence-electron chi connectivity index (χ4n) is 4.31. The monoisotopic (exact) mass is 544 g/mol. The molecule has 9 nitrogen and oxygen atoms in total. The minimum atomic E-state index is -0.565. The van der Waals surface area contributed by atoms with Crippen LogP contribution in [-0.4, -0.2) is 49.4 Å². The molecule has 0 unspecified atom stereocenters. The smallest absolute Gasteiger partial charge is 0.258 e. The van der Waals surface area contributed by atoms with E-state index in [9.17, 15) is 19.1 Å². The summed E-state index contributed by atoms with van der Waals surface area (Å²) in [6.45, 7) is 3.25. The average Bonchev–Trinajstić information content (AvgIpc) is 2.96. The molecule has 1 aliphatic rings. The molecule has 2 amide bonds. The van der Waals surface area contributed by atoms with Crippen LogP contribution in [0.15, 0.2) is 78.0 Å². The molecule has 1 saturated heterocycles. The lowest BCUT2D eigenvalue weighted by molar-refractivity contribution is -0.112. The molecule has 4 rings (SSSR count). The number of piperidine rings is 1. The van der Waals surface area contributed by atoms with E-state index in [4.69, 9.17) is 5.41 Å². The molecule has 0 aliphatic carbocycles. The molecule has 0 bridgehead atoms. The molecule has 1 aliphatic heterocycles. The Labute approximate surface area is 232 Å². The van der Waals surface area contributed by atoms with Crippen molar-refractivity contribution >= 4 is 46.5 Å². The van der Waals surface area contributed by atoms with Crippen LogP contribution >= 0.6 is 0 Å². The summed E-state index contributed by atoms with van der Waals surface area (Å²) in [6, 6.07) is 18.5. The van der Waals surface area contributed by atoms with E-state index in [-0.39, 0.29) is 29.0 Å². The number of benzene rings is 3. The Morgan fingerprint density at radius 1 is 0.950 bits per heavy atom. The van der Waals surface area contributed by atoms with Gasteiger partial charge in [-0.15, -0.1) is 0 Å².